The van der Waals surface area contributed by atoms with Gasteiger partial charge in [-0.1, -0.05) is 13.8 Å². The molecule has 0 aliphatic rings. The maximum atomic E-state index is 13.3. The number of benzene rings is 1. The van der Waals surface area contributed by atoms with Gasteiger partial charge < -0.3 is 5.73 Å². The molecule has 1 unspecified atom stereocenters. The van der Waals surface area contributed by atoms with E-state index in [2.05, 4.69) is 4.72 Å². The summed E-state index contributed by atoms with van der Waals surface area (Å²) in [4.78, 5) is 9.33. The number of nitrogens with one attached hydrogen (secondary N) is 1. The third-order valence-electron chi connectivity index (χ3n) is 3.49. The van der Waals surface area contributed by atoms with Gasteiger partial charge >= 0.3 is 5.69 Å². The molecule has 0 saturated heterocycles. The first-order chi connectivity index (χ1) is 9.53. The van der Waals surface area contributed by atoms with E-state index in [1.807, 2.05) is 0 Å². The van der Waals surface area contributed by atoms with Gasteiger partial charge in [-0.2, -0.15) is 4.39 Å². The van der Waals surface area contributed by atoms with Crippen LogP contribution in [0.5, 0.6) is 0 Å². The average Bonchev–Trinajstić information content (AvgIpc) is 2.37. The number of hydrogen-bond acceptors (Lipinski definition) is 5. The number of rotatable bonds is 6. The van der Waals surface area contributed by atoms with Crippen LogP contribution in [-0.4, -0.2) is 25.4 Å². The zero-order valence-electron chi connectivity index (χ0n) is 12.0. The molecule has 0 aromatic heterocycles. The molecular weight excluding hydrogens is 301 g/mol. The van der Waals surface area contributed by atoms with Gasteiger partial charge in [-0.3, -0.25) is 10.1 Å². The van der Waals surface area contributed by atoms with E-state index in [1.54, 1.807) is 20.8 Å². The second kappa shape index (κ2) is 6.04. The fourth-order valence-corrected chi connectivity index (χ4v) is 3.13. The van der Waals surface area contributed by atoms with E-state index in [4.69, 9.17) is 5.73 Å². The normalized spacial score (nSPS) is 15.0. The number of nitro groups is 1. The van der Waals surface area contributed by atoms with Crippen LogP contribution in [0.4, 0.5) is 10.1 Å². The van der Waals surface area contributed by atoms with E-state index in [0.29, 0.717) is 6.07 Å². The molecule has 0 aliphatic heterocycles. The van der Waals surface area contributed by atoms with E-state index in [0.717, 1.165) is 12.1 Å². The first kappa shape index (κ1) is 17.5. The van der Waals surface area contributed by atoms with Crippen LogP contribution < -0.4 is 10.5 Å². The average molecular weight is 319 g/mol. The number of halogens is 1. The van der Waals surface area contributed by atoms with Crippen molar-refractivity contribution in [3.63, 3.8) is 0 Å². The van der Waals surface area contributed by atoms with Gasteiger partial charge in [0, 0.05) is 18.2 Å². The molecule has 9 heteroatoms. The Morgan fingerprint density at radius 1 is 1.48 bits per heavy atom. The van der Waals surface area contributed by atoms with Crippen molar-refractivity contribution in [3.8, 4) is 0 Å². The first-order valence-electron chi connectivity index (χ1n) is 6.21. The fourth-order valence-electron chi connectivity index (χ4n) is 1.56. The van der Waals surface area contributed by atoms with Crippen LogP contribution in [0.25, 0.3) is 0 Å². The summed E-state index contributed by atoms with van der Waals surface area (Å²) in [5.41, 5.74) is 3.79. The second-order valence-corrected chi connectivity index (χ2v) is 6.93. The lowest BCUT2D eigenvalue weighted by molar-refractivity contribution is -0.387. The minimum atomic E-state index is -4.05. The largest absolute Gasteiger partial charge is 0.329 e. The summed E-state index contributed by atoms with van der Waals surface area (Å²) in [7, 11) is -4.05. The highest BCUT2D eigenvalue weighted by atomic mass is 32.2. The van der Waals surface area contributed by atoms with Crippen LogP contribution in [-0.2, 0) is 10.0 Å². The summed E-state index contributed by atoms with van der Waals surface area (Å²) < 4.78 is 40.3. The van der Waals surface area contributed by atoms with Crippen molar-refractivity contribution < 1.29 is 17.7 Å². The molecule has 0 fully saturated rings. The quantitative estimate of drug-likeness (QED) is 0.607. The third-order valence-corrected chi connectivity index (χ3v) is 5.10. The lowest BCUT2D eigenvalue weighted by Crippen LogP contribution is -2.54. The summed E-state index contributed by atoms with van der Waals surface area (Å²) >= 11 is 0. The molecule has 0 saturated carbocycles. The highest BCUT2D eigenvalue weighted by Crippen LogP contribution is 2.24. The van der Waals surface area contributed by atoms with Crippen molar-refractivity contribution in [2.75, 3.05) is 6.54 Å². The van der Waals surface area contributed by atoms with Crippen molar-refractivity contribution in [2.24, 2.45) is 11.7 Å². The molecule has 118 valence electrons. The van der Waals surface area contributed by atoms with Gasteiger partial charge in [0.25, 0.3) is 0 Å². The molecule has 0 heterocycles. The Morgan fingerprint density at radius 3 is 2.48 bits per heavy atom. The van der Waals surface area contributed by atoms with E-state index in [-0.39, 0.29) is 17.4 Å². The van der Waals surface area contributed by atoms with E-state index < -0.39 is 32.0 Å². The van der Waals surface area contributed by atoms with E-state index in [9.17, 15) is 22.9 Å². The van der Waals surface area contributed by atoms with Gasteiger partial charge in [-0.15, -0.1) is 0 Å². The molecule has 0 bridgehead atoms. The van der Waals surface area contributed by atoms with E-state index >= 15 is 0 Å². The monoisotopic (exact) mass is 319 g/mol. The van der Waals surface area contributed by atoms with Crippen molar-refractivity contribution in [3.05, 3.63) is 34.1 Å². The summed E-state index contributed by atoms with van der Waals surface area (Å²) in [6.45, 7) is 5.27. The van der Waals surface area contributed by atoms with Crippen LogP contribution in [0.2, 0.25) is 0 Å². The van der Waals surface area contributed by atoms with E-state index in [1.165, 1.54) is 0 Å². The second-order valence-electron chi connectivity index (χ2n) is 5.25. The molecule has 1 rings (SSSR count). The molecule has 0 amide bonds. The molecule has 7 nitrogen and oxygen atoms in total. The lowest BCUT2D eigenvalue weighted by Gasteiger charge is -2.33. The number of nitrogens with zero attached hydrogens (tertiary/aromatic N) is 1. The van der Waals surface area contributed by atoms with Crippen LogP contribution in [0.15, 0.2) is 23.1 Å². The topological polar surface area (TPSA) is 115 Å². The standard InChI is InChI=1S/C12H18FN3O4S/c1-8(2)12(3,7-14)15-21(19,20)9-4-5-10(13)11(6-9)16(17)18/h4-6,8,15H,7,14H2,1-3H3. The lowest BCUT2D eigenvalue weighted by atomic mass is 9.90. The molecule has 21 heavy (non-hydrogen) atoms. The third kappa shape index (κ3) is 3.74. The Hall–Kier alpha value is -1.58. The Bertz CT molecular complexity index is 648. The van der Waals surface area contributed by atoms with Crippen molar-refractivity contribution in [1.29, 1.82) is 0 Å². The van der Waals surface area contributed by atoms with Crippen molar-refractivity contribution in [2.45, 2.75) is 31.2 Å². The Morgan fingerprint density at radius 2 is 2.05 bits per heavy atom. The Balaban J connectivity index is 3.26. The molecule has 0 aliphatic carbocycles. The molecule has 1 atom stereocenters. The van der Waals surface area contributed by atoms with Crippen molar-refractivity contribution in [1.82, 2.24) is 4.72 Å². The summed E-state index contributed by atoms with van der Waals surface area (Å²) in [5, 5.41) is 10.7. The minimum absolute atomic E-state index is 0.0488. The Kier molecular flexibility index (Phi) is 5.03. The maximum absolute atomic E-state index is 13.3. The summed E-state index contributed by atoms with van der Waals surface area (Å²) in [5.74, 6) is -1.20. The van der Waals surface area contributed by atoms with Gasteiger partial charge in [0.05, 0.1) is 9.82 Å². The van der Waals surface area contributed by atoms with Crippen molar-refractivity contribution >= 4 is 15.7 Å². The van der Waals surface area contributed by atoms with Gasteiger partial charge in [0.15, 0.2) is 0 Å². The van der Waals surface area contributed by atoms with Crippen LogP contribution in [0, 0.1) is 21.8 Å². The van der Waals surface area contributed by atoms with Gasteiger partial charge in [0.2, 0.25) is 15.8 Å². The molecule has 0 spiro atoms. The first-order valence-corrected chi connectivity index (χ1v) is 7.70. The zero-order chi connectivity index (χ0) is 16.4. The fraction of sp³-hybridized carbons (Fsp3) is 0.500. The van der Waals surface area contributed by atoms with Crippen LogP contribution >= 0.6 is 0 Å². The Labute approximate surface area is 122 Å². The predicted octanol–water partition coefficient (Wildman–Crippen LogP) is 1.39. The number of nitrogens with two attached hydrogens (primary N) is 1. The molecule has 1 aromatic carbocycles. The SMILES string of the molecule is CC(C)C(C)(CN)NS(=O)(=O)c1ccc(F)c([N+](=O)[O-])c1. The highest BCUT2D eigenvalue weighted by Gasteiger charge is 2.33. The zero-order valence-corrected chi connectivity index (χ0v) is 12.8. The highest BCUT2D eigenvalue weighted by molar-refractivity contribution is 7.89. The number of nitro benzene ring substituents is 1. The number of hydrogen-bond donors (Lipinski definition) is 2. The number of sulfonamides is 1. The maximum Gasteiger partial charge on any atom is 0.306 e. The smallest absolute Gasteiger partial charge is 0.306 e. The van der Waals surface area contributed by atoms with Crippen LogP contribution in [0.3, 0.4) is 0 Å². The van der Waals surface area contributed by atoms with Gasteiger partial charge in [-0.05, 0) is 25.0 Å². The molecule has 3 N–H and O–H groups in total. The van der Waals surface area contributed by atoms with Crippen LogP contribution in [0.1, 0.15) is 20.8 Å². The van der Waals surface area contributed by atoms with Gasteiger partial charge in [-0.25, -0.2) is 13.1 Å². The predicted molar refractivity (Wildman–Crippen MR) is 75.7 cm³/mol. The molecule has 1 aromatic rings. The summed E-state index contributed by atoms with van der Waals surface area (Å²) in [6.07, 6.45) is 0. The van der Waals surface area contributed by atoms with Gasteiger partial charge in [0.1, 0.15) is 0 Å². The minimum Gasteiger partial charge on any atom is -0.329 e. The summed E-state index contributed by atoms with van der Waals surface area (Å²) in [6, 6.07) is 2.42. The molecular formula is C12H18FN3O4S. The molecule has 0 radical (unpaired) electrons.